The third-order valence-corrected chi connectivity index (χ3v) is 1.14. The highest BCUT2D eigenvalue weighted by atomic mass is 16.5. The van der Waals surface area contributed by atoms with Crippen LogP contribution in [0.1, 0.15) is 12.8 Å². The van der Waals surface area contributed by atoms with Crippen molar-refractivity contribution < 1.29 is 4.79 Å². The van der Waals surface area contributed by atoms with E-state index in [4.69, 9.17) is 0 Å². The number of hydrogen-bond donors (Lipinski definition) is 0. The first-order valence-corrected chi connectivity index (χ1v) is 2.39. The van der Waals surface area contributed by atoms with Gasteiger partial charge in [-0.25, -0.2) is 0 Å². The lowest BCUT2D eigenvalue weighted by Gasteiger charge is -2.21. The molecule has 1 fully saturated rings. The Hall–Kier alpha value is -0.830. The molecule has 0 saturated carbocycles. The first-order valence-electron chi connectivity index (χ1n) is 2.39. The molecule has 0 aromatic rings. The molecule has 0 aliphatic carbocycles. The second kappa shape index (κ2) is 1.59. The third kappa shape index (κ3) is 0.607. The van der Waals surface area contributed by atoms with Crippen molar-refractivity contribution >= 4 is 5.91 Å². The van der Waals surface area contributed by atoms with Gasteiger partial charge in [0.1, 0.15) is 0 Å². The van der Waals surface area contributed by atoms with Crippen LogP contribution < -0.4 is 0 Å². The van der Waals surface area contributed by atoms with Gasteiger partial charge in [-0.1, -0.05) is 6.58 Å². The van der Waals surface area contributed by atoms with Crippen molar-refractivity contribution in [3.8, 4) is 0 Å². The number of carbonyl (C=O) groups excluding carboxylic acids is 1. The Morgan fingerprint density at radius 3 is 2.38 bits per heavy atom. The summed E-state index contributed by atoms with van der Waals surface area (Å²) in [5, 5.41) is 10.7. The molecule has 3 heteroatoms. The van der Waals surface area contributed by atoms with Gasteiger partial charge in [-0.3, -0.25) is 4.79 Å². The summed E-state index contributed by atoms with van der Waals surface area (Å²) in [6.45, 7) is 3.38. The first kappa shape index (κ1) is 5.31. The van der Waals surface area contributed by atoms with Crippen LogP contribution in [0.15, 0.2) is 12.3 Å². The molecule has 1 heterocycles. The Morgan fingerprint density at radius 2 is 2.25 bits per heavy atom. The van der Waals surface area contributed by atoms with E-state index in [1.807, 2.05) is 0 Å². The second-order valence-electron chi connectivity index (χ2n) is 1.75. The molecule has 1 rings (SSSR count). The minimum Gasteiger partial charge on any atom is -0.752 e. The lowest BCUT2D eigenvalue weighted by atomic mass is 10.3. The molecule has 0 unspecified atom stereocenters. The molecule has 1 aliphatic heterocycles. The molecule has 0 radical (unpaired) electrons. The van der Waals surface area contributed by atoms with Crippen LogP contribution in [0.5, 0.6) is 0 Å². The van der Waals surface area contributed by atoms with Crippen molar-refractivity contribution in [2.45, 2.75) is 12.8 Å². The molecule has 0 bridgehead atoms. The first-order chi connectivity index (χ1) is 3.72. The van der Waals surface area contributed by atoms with E-state index in [0.717, 1.165) is 0 Å². The Kier molecular flexibility index (Phi) is 1.06. The summed E-state index contributed by atoms with van der Waals surface area (Å²) in [5.74, 6) is -0.366. The Bertz CT molecular complexity index is 125. The monoisotopic (exact) mass is 112 g/mol. The van der Waals surface area contributed by atoms with Crippen molar-refractivity contribution in [1.82, 2.24) is 5.06 Å². The fourth-order valence-electron chi connectivity index (χ4n) is 0.631. The van der Waals surface area contributed by atoms with Gasteiger partial charge in [-0.15, -0.1) is 0 Å². The maximum Gasteiger partial charge on any atom is 0.216 e. The zero-order valence-electron chi connectivity index (χ0n) is 4.39. The fourth-order valence-corrected chi connectivity index (χ4v) is 0.631. The molecular formula is C5H6NO2-. The van der Waals surface area contributed by atoms with E-state index < -0.39 is 0 Å². The van der Waals surface area contributed by atoms with Crippen molar-refractivity contribution in [1.29, 1.82) is 0 Å². The van der Waals surface area contributed by atoms with Crippen LogP contribution in [0.25, 0.3) is 0 Å². The zero-order chi connectivity index (χ0) is 6.15. The highest BCUT2D eigenvalue weighted by molar-refractivity contribution is 5.81. The number of carbonyl (C=O) groups is 1. The van der Waals surface area contributed by atoms with Gasteiger partial charge in [-0.2, -0.15) is 0 Å². The van der Waals surface area contributed by atoms with Crippen molar-refractivity contribution in [3.63, 3.8) is 0 Å². The zero-order valence-corrected chi connectivity index (χ0v) is 4.39. The maximum atomic E-state index is 10.4. The van der Waals surface area contributed by atoms with Gasteiger partial charge in [0, 0.05) is 12.1 Å². The number of amides is 1. The van der Waals surface area contributed by atoms with E-state index in [0.29, 0.717) is 23.6 Å². The Balaban J connectivity index is 2.70. The summed E-state index contributed by atoms with van der Waals surface area (Å²) in [5.41, 5.74) is 0.384. The summed E-state index contributed by atoms with van der Waals surface area (Å²) < 4.78 is 0. The van der Waals surface area contributed by atoms with Crippen LogP contribution in [0.3, 0.4) is 0 Å². The Morgan fingerprint density at radius 1 is 1.62 bits per heavy atom. The molecule has 44 valence electrons. The molecule has 1 aliphatic rings. The van der Waals surface area contributed by atoms with Gasteiger partial charge in [-0.05, 0) is 6.42 Å². The lowest BCUT2D eigenvalue weighted by Crippen LogP contribution is -2.13. The number of hydroxylamine groups is 2. The highest BCUT2D eigenvalue weighted by Crippen LogP contribution is 2.17. The summed E-state index contributed by atoms with van der Waals surface area (Å²) in [6, 6.07) is 0. The lowest BCUT2D eigenvalue weighted by molar-refractivity contribution is -0.124. The second-order valence-corrected chi connectivity index (χ2v) is 1.75. The average molecular weight is 112 g/mol. The van der Waals surface area contributed by atoms with Crippen LogP contribution in [-0.4, -0.2) is 11.0 Å². The molecular weight excluding hydrogens is 106 g/mol. The van der Waals surface area contributed by atoms with Crippen molar-refractivity contribution in [3.05, 3.63) is 17.5 Å². The third-order valence-electron chi connectivity index (χ3n) is 1.14. The molecule has 3 nitrogen and oxygen atoms in total. The maximum absolute atomic E-state index is 10.4. The summed E-state index contributed by atoms with van der Waals surface area (Å²) >= 11 is 0. The molecule has 1 amide bonds. The molecule has 0 spiro atoms. The van der Waals surface area contributed by atoms with E-state index in [1.54, 1.807) is 0 Å². The topological polar surface area (TPSA) is 43.4 Å². The number of nitrogens with zero attached hydrogens (tertiary/aromatic N) is 1. The van der Waals surface area contributed by atoms with Crippen LogP contribution in [-0.2, 0) is 4.79 Å². The number of hydrogen-bond acceptors (Lipinski definition) is 2. The van der Waals surface area contributed by atoms with Gasteiger partial charge in [0.05, 0.1) is 0 Å². The van der Waals surface area contributed by atoms with Gasteiger partial charge in [0.2, 0.25) is 5.91 Å². The van der Waals surface area contributed by atoms with E-state index in [1.165, 1.54) is 0 Å². The summed E-state index contributed by atoms with van der Waals surface area (Å²) in [6.07, 6.45) is 0.866. The fraction of sp³-hybridized carbons (Fsp3) is 0.400. The quantitative estimate of drug-likeness (QED) is 0.461. The molecule has 0 N–H and O–H groups in total. The predicted molar refractivity (Wildman–Crippen MR) is 28.6 cm³/mol. The van der Waals surface area contributed by atoms with Gasteiger partial charge in [0.15, 0.2) is 0 Å². The highest BCUT2D eigenvalue weighted by Gasteiger charge is 2.14. The predicted octanol–water partition coefficient (Wildman–Crippen LogP) is 0.620. The largest absolute Gasteiger partial charge is 0.752 e. The summed E-state index contributed by atoms with van der Waals surface area (Å²) in [4.78, 5) is 10.3. The van der Waals surface area contributed by atoms with E-state index in [-0.39, 0.29) is 5.91 Å². The Labute approximate surface area is 47.2 Å². The van der Waals surface area contributed by atoms with Crippen LogP contribution in [0.2, 0.25) is 0 Å². The van der Waals surface area contributed by atoms with E-state index in [9.17, 15) is 10.0 Å². The molecule has 0 aromatic carbocycles. The number of allylic oxidation sites excluding steroid dienone is 1. The van der Waals surface area contributed by atoms with Crippen LogP contribution in [0.4, 0.5) is 0 Å². The smallest absolute Gasteiger partial charge is 0.216 e. The van der Waals surface area contributed by atoms with Gasteiger partial charge in [0.25, 0.3) is 0 Å². The SMILES string of the molecule is C=C1CCC(=O)N1[O-]. The van der Waals surface area contributed by atoms with Crippen LogP contribution in [0, 0.1) is 5.21 Å². The minimum atomic E-state index is -0.366. The molecule has 0 aromatic heterocycles. The van der Waals surface area contributed by atoms with Crippen molar-refractivity contribution in [2.24, 2.45) is 0 Å². The molecule has 1 saturated heterocycles. The van der Waals surface area contributed by atoms with Gasteiger partial charge < -0.3 is 10.3 Å². The van der Waals surface area contributed by atoms with Crippen LogP contribution >= 0.6 is 0 Å². The van der Waals surface area contributed by atoms with E-state index in [2.05, 4.69) is 6.58 Å². The number of rotatable bonds is 0. The van der Waals surface area contributed by atoms with Gasteiger partial charge >= 0.3 is 0 Å². The average Bonchev–Trinajstić information content (AvgIpc) is 1.98. The standard InChI is InChI=1S/C5H6NO2/c1-4-2-3-5(7)6(4)8/h1-3H2/q-1. The normalized spacial score (nSPS) is 20.4. The minimum absolute atomic E-state index is 0.336. The van der Waals surface area contributed by atoms with E-state index >= 15 is 0 Å². The van der Waals surface area contributed by atoms with Crippen molar-refractivity contribution in [2.75, 3.05) is 0 Å². The summed E-state index contributed by atoms with van der Waals surface area (Å²) in [7, 11) is 0. The molecule has 8 heavy (non-hydrogen) atoms. The molecule has 0 atom stereocenters.